The smallest absolute Gasteiger partial charge is 0.329 e. The number of aryl methyl sites for hydroxylation is 1. The van der Waals surface area contributed by atoms with Crippen molar-refractivity contribution in [2.45, 2.75) is 18.9 Å². The summed E-state index contributed by atoms with van der Waals surface area (Å²) in [5.41, 5.74) is 2.25. The SMILES string of the molecule is COCCn1c(NCCC(c2ccccc2)c2ccccc2)nc2c1c(=O)[nH]c(=O)n2C. The van der Waals surface area contributed by atoms with Gasteiger partial charge in [-0.2, -0.15) is 4.98 Å². The van der Waals surface area contributed by atoms with E-state index in [0.29, 0.717) is 36.8 Å². The largest absolute Gasteiger partial charge is 0.383 e. The lowest BCUT2D eigenvalue weighted by atomic mass is 9.88. The van der Waals surface area contributed by atoms with Gasteiger partial charge in [0.2, 0.25) is 5.95 Å². The zero-order chi connectivity index (χ0) is 22.5. The molecule has 166 valence electrons. The Kier molecular flexibility index (Phi) is 6.51. The number of aromatic amines is 1. The van der Waals surface area contributed by atoms with Gasteiger partial charge in [0.1, 0.15) is 0 Å². The molecular formula is C24H27N5O3. The number of imidazole rings is 1. The number of hydrogen-bond donors (Lipinski definition) is 2. The standard InChI is InChI=1S/C24H27N5O3/c1-28-21-20(22(30)27-24(28)31)29(15-16-32-2)23(26-21)25-14-13-19(17-9-5-3-6-10-17)18-11-7-4-8-12-18/h3-12,19H,13-16H2,1-2H3,(H,25,26)(H,27,30,31). The van der Waals surface area contributed by atoms with Crippen LogP contribution in [0.1, 0.15) is 23.5 Å². The van der Waals surface area contributed by atoms with Crippen molar-refractivity contribution in [3.05, 3.63) is 92.6 Å². The number of benzene rings is 2. The number of rotatable bonds is 9. The number of methoxy groups -OCH3 is 1. The maximum Gasteiger partial charge on any atom is 0.329 e. The minimum Gasteiger partial charge on any atom is -0.383 e. The fraction of sp³-hybridized carbons (Fsp3) is 0.292. The van der Waals surface area contributed by atoms with Crippen LogP contribution >= 0.6 is 0 Å². The van der Waals surface area contributed by atoms with Crippen LogP contribution in [0, 0.1) is 0 Å². The molecule has 0 aliphatic heterocycles. The molecule has 0 amide bonds. The second-order valence-electron chi connectivity index (χ2n) is 7.66. The van der Waals surface area contributed by atoms with E-state index < -0.39 is 11.2 Å². The van der Waals surface area contributed by atoms with Crippen LogP contribution in [0.25, 0.3) is 11.2 Å². The van der Waals surface area contributed by atoms with Crippen molar-refractivity contribution in [1.29, 1.82) is 0 Å². The summed E-state index contributed by atoms with van der Waals surface area (Å²) in [4.78, 5) is 31.4. The number of anilines is 1. The van der Waals surface area contributed by atoms with Crippen molar-refractivity contribution >= 4 is 17.1 Å². The number of nitrogens with one attached hydrogen (secondary N) is 2. The molecule has 32 heavy (non-hydrogen) atoms. The van der Waals surface area contributed by atoms with E-state index in [1.165, 1.54) is 15.7 Å². The van der Waals surface area contributed by atoms with E-state index in [-0.39, 0.29) is 5.92 Å². The molecule has 0 aliphatic carbocycles. The van der Waals surface area contributed by atoms with Gasteiger partial charge in [0.05, 0.1) is 6.61 Å². The Bertz CT molecular complexity index is 1250. The summed E-state index contributed by atoms with van der Waals surface area (Å²) in [5.74, 6) is 0.762. The number of H-pyrrole nitrogens is 1. The lowest BCUT2D eigenvalue weighted by Gasteiger charge is -2.19. The molecular weight excluding hydrogens is 406 g/mol. The molecule has 2 aromatic carbocycles. The van der Waals surface area contributed by atoms with E-state index in [9.17, 15) is 9.59 Å². The van der Waals surface area contributed by atoms with Crippen LogP contribution in [0.4, 0.5) is 5.95 Å². The summed E-state index contributed by atoms with van der Waals surface area (Å²) in [5, 5.41) is 3.38. The predicted molar refractivity (Wildman–Crippen MR) is 125 cm³/mol. The minimum atomic E-state index is -0.487. The van der Waals surface area contributed by atoms with E-state index in [1.54, 1.807) is 18.7 Å². The first-order valence-corrected chi connectivity index (χ1v) is 10.6. The van der Waals surface area contributed by atoms with Gasteiger partial charge in [0.25, 0.3) is 5.56 Å². The molecule has 4 aromatic rings. The Morgan fingerprint density at radius 2 is 1.66 bits per heavy atom. The van der Waals surface area contributed by atoms with Crippen molar-refractivity contribution in [2.75, 3.05) is 25.6 Å². The Hall–Kier alpha value is -3.65. The van der Waals surface area contributed by atoms with Gasteiger partial charge in [0, 0.05) is 33.2 Å². The number of hydrogen-bond acceptors (Lipinski definition) is 5. The van der Waals surface area contributed by atoms with Crippen molar-refractivity contribution in [3.63, 3.8) is 0 Å². The van der Waals surface area contributed by atoms with Crippen molar-refractivity contribution in [3.8, 4) is 0 Å². The third-order valence-corrected chi connectivity index (χ3v) is 5.65. The first-order chi connectivity index (χ1) is 15.6. The van der Waals surface area contributed by atoms with E-state index in [4.69, 9.17) is 4.74 Å². The average Bonchev–Trinajstić information content (AvgIpc) is 3.19. The molecule has 4 rings (SSSR count). The van der Waals surface area contributed by atoms with Gasteiger partial charge in [-0.25, -0.2) is 4.79 Å². The van der Waals surface area contributed by atoms with Gasteiger partial charge in [0.15, 0.2) is 11.2 Å². The van der Waals surface area contributed by atoms with Gasteiger partial charge < -0.3 is 14.6 Å². The van der Waals surface area contributed by atoms with Crippen LogP contribution in [-0.2, 0) is 18.3 Å². The minimum absolute atomic E-state index is 0.217. The third-order valence-electron chi connectivity index (χ3n) is 5.65. The van der Waals surface area contributed by atoms with Crippen LogP contribution in [0.2, 0.25) is 0 Å². The Labute approximate surface area is 185 Å². The zero-order valence-corrected chi connectivity index (χ0v) is 18.2. The van der Waals surface area contributed by atoms with Crippen molar-refractivity contribution in [2.24, 2.45) is 7.05 Å². The van der Waals surface area contributed by atoms with E-state index in [2.05, 4.69) is 63.8 Å². The highest BCUT2D eigenvalue weighted by atomic mass is 16.5. The van der Waals surface area contributed by atoms with Gasteiger partial charge >= 0.3 is 5.69 Å². The topological polar surface area (TPSA) is 93.9 Å². The maximum absolute atomic E-state index is 12.5. The second-order valence-corrected chi connectivity index (χ2v) is 7.66. The van der Waals surface area contributed by atoms with Gasteiger partial charge in [-0.1, -0.05) is 60.7 Å². The Morgan fingerprint density at radius 1 is 1.03 bits per heavy atom. The van der Waals surface area contributed by atoms with Gasteiger partial charge in [-0.3, -0.25) is 14.3 Å². The summed E-state index contributed by atoms with van der Waals surface area (Å²) in [6.45, 7) is 1.49. The van der Waals surface area contributed by atoms with Crippen LogP contribution < -0.4 is 16.6 Å². The molecule has 0 fully saturated rings. The molecule has 0 saturated heterocycles. The fourth-order valence-electron chi connectivity index (χ4n) is 3.99. The van der Waals surface area contributed by atoms with Crippen molar-refractivity contribution in [1.82, 2.24) is 19.1 Å². The molecule has 0 unspecified atom stereocenters. The predicted octanol–water partition coefficient (Wildman–Crippen LogP) is 2.70. The molecule has 2 aromatic heterocycles. The maximum atomic E-state index is 12.5. The Morgan fingerprint density at radius 3 is 2.25 bits per heavy atom. The van der Waals surface area contributed by atoms with Crippen LogP contribution in [0.3, 0.4) is 0 Å². The lowest BCUT2D eigenvalue weighted by molar-refractivity contribution is 0.188. The van der Waals surface area contributed by atoms with Gasteiger partial charge in [-0.15, -0.1) is 0 Å². The number of aromatic nitrogens is 4. The van der Waals surface area contributed by atoms with Crippen molar-refractivity contribution < 1.29 is 4.74 Å². The molecule has 0 saturated carbocycles. The molecule has 0 aliphatic rings. The number of ether oxygens (including phenoxy) is 1. The monoisotopic (exact) mass is 433 g/mol. The van der Waals surface area contributed by atoms with Crippen LogP contribution in [0.5, 0.6) is 0 Å². The average molecular weight is 434 g/mol. The quantitative estimate of drug-likeness (QED) is 0.423. The lowest BCUT2D eigenvalue weighted by Crippen LogP contribution is -2.29. The van der Waals surface area contributed by atoms with E-state index in [0.717, 1.165) is 6.42 Å². The molecule has 2 heterocycles. The Balaban J connectivity index is 1.63. The molecule has 8 nitrogen and oxygen atoms in total. The molecule has 0 radical (unpaired) electrons. The highest BCUT2D eigenvalue weighted by Gasteiger charge is 2.18. The normalized spacial score (nSPS) is 11.3. The fourth-order valence-corrected chi connectivity index (χ4v) is 3.99. The second kappa shape index (κ2) is 9.65. The summed E-state index contributed by atoms with van der Waals surface area (Å²) >= 11 is 0. The van der Waals surface area contributed by atoms with Crippen LogP contribution in [0.15, 0.2) is 70.3 Å². The summed E-state index contributed by atoms with van der Waals surface area (Å²) in [7, 11) is 3.20. The molecule has 0 atom stereocenters. The molecule has 2 N–H and O–H groups in total. The van der Waals surface area contributed by atoms with Crippen LogP contribution in [-0.4, -0.2) is 39.4 Å². The molecule has 0 spiro atoms. The molecule has 8 heteroatoms. The first kappa shape index (κ1) is 21.6. The van der Waals surface area contributed by atoms with E-state index >= 15 is 0 Å². The third kappa shape index (κ3) is 4.36. The summed E-state index contributed by atoms with van der Waals surface area (Å²) < 4.78 is 8.34. The summed E-state index contributed by atoms with van der Waals surface area (Å²) in [6, 6.07) is 20.8. The first-order valence-electron chi connectivity index (χ1n) is 10.6. The number of fused-ring (bicyclic) bond motifs is 1. The highest BCUT2D eigenvalue weighted by molar-refractivity contribution is 5.74. The molecule has 0 bridgehead atoms. The summed E-state index contributed by atoms with van der Waals surface area (Å²) in [6.07, 6.45) is 0.830. The van der Waals surface area contributed by atoms with Gasteiger partial charge in [-0.05, 0) is 17.5 Å². The number of nitrogens with zero attached hydrogens (tertiary/aromatic N) is 3. The van der Waals surface area contributed by atoms with E-state index in [1.807, 2.05) is 12.1 Å². The highest BCUT2D eigenvalue weighted by Crippen LogP contribution is 2.28. The zero-order valence-electron chi connectivity index (χ0n) is 18.2.